The molecule has 4 aromatic rings. The van der Waals surface area contributed by atoms with E-state index in [1.54, 1.807) is 11.6 Å². The lowest BCUT2D eigenvalue weighted by atomic mass is 10.1. The minimum atomic E-state index is -0.361. The third-order valence-electron chi connectivity index (χ3n) is 5.08. The molecule has 168 valence electrons. The van der Waals surface area contributed by atoms with Crippen molar-refractivity contribution in [3.8, 4) is 16.9 Å². The Kier molecular flexibility index (Phi) is 6.57. The van der Waals surface area contributed by atoms with Gasteiger partial charge in [-0.25, -0.2) is 9.67 Å². The van der Waals surface area contributed by atoms with Gasteiger partial charge in [0.05, 0.1) is 23.1 Å². The Morgan fingerprint density at radius 1 is 1.09 bits per heavy atom. The molecule has 0 bridgehead atoms. The number of thiazole rings is 1. The van der Waals surface area contributed by atoms with E-state index < -0.39 is 0 Å². The second-order valence-electron chi connectivity index (χ2n) is 7.53. The molecular formula is C24H22ClN5O2S. The van der Waals surface area contributed by atoms with Gasteiger partial charge in [0.1, 0.15) is 10.7 Å². The molecule has 0 saturated carbocycles. The molecule has 2 amide bonds. The van der Waals surface area contributed by atoms with Crippen LogP contribution in [0.1, 0.15) is 41.5 Å². The molecular weight excluding hydrogens is 458 g/mol. The summed E-state index contributed by atoms with van der Waals surface area (Å²) in [4.78, 5) is 28.7. The largest absolute Gasteiger partial charge is 0.350 e. The standard InChI is InChI=1S/C24H22ClN5O2S/c1-14(26-16(3)31)17-9-11-18(12-10-17)20-13-33-24(27-20)28-23(32)21-15(2)29-30(22(21)25)19-7-5-4-6-8-19/h4-14H,1-3H3,(H,26,31)(H,27,28,32). The highest BCUT2D eigenvalue weighted by Gasteiger charge is 2.22. The van der Waals surface area contributed by atoms with Crippen molar-refractivity contribution >= 4 is 39.9 Å². The first-order valence-corrected chi connectivity index (χ1v) is 11.5. The normalized spacial score (nSPS) is 11.8. The van der Waals surface area contributed by atoms with E-state index in [-0.39, 0.29) is 23.0 Å². The highest BCUT2D eigenvalue weighted by molar-refractivity contribution is 7.14. The van der Waals surface area contributed by atoms with E-state index in [1.165, 1.54) is 18.3 Å². The summed E-state index contributed by atoms with van der Waals surface area (Å²) in [6.45, 7) is 5.17. The van der Waals surface area contributed by atoms with Gasteiger partial charge >= 0.3 is 0 Å². The van der Waals surface area contributed by atoms with Crippen LogP contribution in [0.4, 0.5) is 5.13 Å². The van der Waals surface area contributed by atoms with E-state index in [4.69, 9.17) is 11.6 Å². The van der Waals surface area contributed by atoms with Gasteiger partial charge in [0.2, 0.25) is 5.91 Å². The van der Waals surface area contributed by atoms with Gasteiger partial charge in [-0.1, -0.05) is 54.1 Å². The number of amides is 2. The highest BCUT2D eigenvalue weighted by atomic mass is 35.5. The van der Waals surface area contributed by atoms with Crippen LogP contribution in [0.3, 0.4) is 0 Å². The number of rotatable bonds is 6. The van der Waals surface area contributed by atoms with Crippen molar-refractivity contribution < 1.29 is 9.59 Å². The van der Waals surface area contributed by atoms with E-state index in [1.807, 2.05) is 66.9 Å². The topological polar surface area (TPSA) is 88.9 Å². The highest BCUT2D eigenvalue weighted by Crippen LogP contribution is 2.28. The quantitative estimate of drug-likeness (QED) is 0.387. The summed E-state index contributed by atoms with van der Waals surface area (Å²) in [5, 5.41) is 12.7. The van der Waals surface area contributed by atoms with Crippen LogP contribution >= 0.6 is 22.9 Å². The first-order chi connectivity index (χ1) is 15.8. The Morgan fingerprint density at radius 3 is 2.45 bits per heavy atom. The SMILES string of the molecule is CC(=O)NC(C)c1ccc(-c2csc(NC(=O)c3c(C)nn(-c4ccccc4)c3Cl)n2)cc1. The van der Waals surface area contributed by atoms with Crippen molar-refractivity contribution in [2.24, 2.45) is 0 Å². The van der Waals surface area contributed by atoms with E-state index >= 15 is 0 Å². The molecule has 1 unspecified atom stereocenters. The summed E-state index contributed by atoms with van der Waals surface area (Å²) >= 11 is 7.83. The molecule has 4 rings (SSSR count). The molecule has 0 radical (unpaired) electrons. The van der Waals surface area contributed by atoms with Crippen LogP contribution in [0.5, 0.6) is 0 Å². The summed E-state index contributed by atoms with van der Waals surface area (Å²) in [5.74, 6) is -0.434. The third-order valence-corrected chi connectivity index (χ3v) is 6.19. The zero-order valence-corrected chi connectivity index (χ0v) is 19.9. The average molecular weight is 480 g/mol. The van der Waals surface area contributed by atoms with Gasteiger partial charge in [-0.05, 0) is 31.5 Å². The van der Waals surface area contributed by atoms with Crippen LogP contribution < -0.4 is 10.6 Å². The lowest BCUT2D eigenvalue weighted by molar-refractivity contribution is -0.119. The van der Waals surface area contributed by atoms with Gasteiger partial charge in [0.25, 0.3) is 5.91 Å². The molecule has 0 aliphatic rings. The van der Waals surface area contributed by atoms with Crippen LogP contribution in [0.15, 0.2) is 60.0 Å². The second-order valence-corrected chi connectivity index (χ2v) is 8.75. The van der Waals surface area contributed by atoms with E-state index in [0.717, 1.165) is 22.5 Å². The zero-order chi connectivity index (χ0) is 23.5. The van der Waals surface area contributed by atoms with Gasteiger partial charge in [-0.2, -0.15) is 5.10 Å². The molecule has 2 aromatic heterocycles. The fraction of sp³-hybridized carbons (Fsp3) is 0.167. The van der Waals surface area contributed by atoms with E-state index in [0.29, 0.717) is 16.4 Å². The summed E-state index contributed by atoms with van der Waals surface area (Å²) in [6.07, 6.45) is 0. The Bertz CT molecular complexity index is 1300. The molecule has 1 atom stereocenters. The predicted octanol–water partition coefficient (Wildman–Crippen LogP) is 5.41. The molecule has 0 aliphatic carbocycles. The fourth-order valence-electron chi connectivity index (χ4n) is 3.45. The number of benzene rings is 2. The third kappa shape index (κ3) is 4.97. The zero-order valence-electron chi connectivity index (χ0n) is 18.3. The number of halogens is 1. The van der Waals surface area contributed by atoms with Gasteiger partial charge in [0, 0.05) is 17.9 Å². The van der Waals surface area contributed by atoms with Crippen LogP contribution in [-0.4, -0.2) is 26.6 Å². The predicted molar refractivity (Wildman–Crippen MR) is 131 cm³/mol. The molecule has 33 heavy (non-hydrogen) atoms. The lowest BCUT2D eigenvalue weighted by Crippen LogP contribution is -2.23. The van der Waals surface area contributed by atoms with Gasteiger partial charge < -0.3 is 5.32 Å². The first kappa shape index (κ1) is 22.7. The number of carbonyl (C=O) groups excluding carboxylic acids is 2. The Labute approximate surface area is 200 Å². The average Bonchev–Trinajstić information content (AvgIpc) is 3.37. The number of para-hydroxylation sites is 1. The minimum absolute atomic E-state index is 0.0730. The van der Waals surface area contributed by atoms with Gasteiger partial charge in [0.15, 0.2) is 5.13 Å². The maximum Gasteiger partial charge on any atom is 0.262 e. The van der Waals surface area contributed by atoms with Crippen molar-refractivity contribution in [1.29, 1.82) is 0 Å². The first-order valence-electron chi connectivity index (χ1n) is 10.3. The lowest BCUT2D eigenvalue weighted by Gasteiger charge is -2.13. The Hall–Kier alpha value is -3.49. The maximum atomic E-state index is 12.9. The Balaban J connectivity index is 1.50. The molecule has 0 fully saturated rings. The van der Waals surface area contributed by atoms with Crippen molar-refractivity contribution in [3.63, 3.8) is 0 Å². The number of aryl methyl sites for hydroxylation is 1. The monoisotopic (exact) mass is 479 g/mol. The summed E-state index contributed by atoms with van der Waals surface area (Å²) in [7, 11) is 0. The van der Waals surface area contributed by atoms with E-state index in [2.05, 4.69) is 20.7 Å². The number of hydrogen-bond acceptors (Lipinski definition) is 5. The number of carbonyl (C=O) groups is 2. The summed E-state index contributed by atoms with van der Waals surface area (Å²) in [6, 6.07) is 17.1. The van der Waals surface area contributed by atoms with Crippen molar-refractivity contribution in [2.45, 2.75) is 26.8 Å². The van der Waals surface area contributed by atoms with E-state index in [9.17, 15) is 9.59 Å². The van der Waals surface area contributed by atoms with Crippen molar-refractivity contribution in [2.75, 3.05) is 5.32 Å². The summed E-state index contributed by atoms with van der Waals surface area (Å²) < 4.78 is 1.54. The molecule has 2 N–H and O–H groups in total. The smallest absolute Gasteiger partial charge is 0.262 e. The number of nitrogens with one attached hydrogen (secondary N) is 2. The number of aromatic nitrogens is 3. The number of anilines is 1. The van der Waals surface area contributed by atoms with Crippen LogP contribution in [0.25, 0.3) is 16.9 Å². The van der Waals surface area contributed by atoms with Crippen LogP contribution in [-0.2, 0) is 4.79 Å². The van der Waals surface area contributed by atoms with Gasteiger partial charge in [-0.3, -0.25) is 14.9 Å². The Morgan fingerprint density at radius 2 is 1.79 bits per heavy atom. The molecule has 9 heteroatoms. The molecule has 0 spiro atoms. The number of nitrogens with zero attached hydrogens (tertiary/aromatic N) is 3. The second kappa shape index (κ2) is 9.56. The number of hydrogen-bond donors (Lipinski definition) is 2. The van der Waals surface area contributed by atoms with Crippen LogP contribution in [0, 0.1) is 6.92 Å². The molecule has 0 aliphatic heterocycles. The molecule has 7 nitrogen and oxygen atoms in total. The van der Waals surface area contributed by atoms with Crippen molar-refractivity contribution in [3.05, 3.63) is 82.0 Å². The molecule has 0 saturated heterocycles. The van der Waals surface area contributed by atoms with Crippen molar-refractivity contribution in [1.82, 2.24) is 20.1 Å². The maximum absolute atomic E-state index is 12.9. The fourth-order valence-corrected chi connectivity index (χ4v) is 4.52. The molecule has 2 aromatic carbocycles. The molecule has 2 heterocycles. The minimum Gasteiger partial charge on any atom is -0.350 e. The van der Waals surface area contributed by atoms with Crippen LogP contribution in [0.2, 0.25) is 5.15 Å². The van der Waals surface area contributed by atoms with Gasteiger partial charge in [-0.15, -0.1) is 11.3 Å². The summed E-state index contributed by atoms with van der Waals surface area (Å²) in [5.41, 5.74) is 4.28.